The van der Waals surface area contributed by atoms with E-state index in [0.717, 1.165) is 44.0 Å². The van der Waals surface area contributed by atoms with Crippen LogP contribution in [0.4, 0.5) is 4.39 Å². The molecule has 6 rings (SSSR count). The Morgan fingerprint density at radius 2 is 1.91 bits per heavy atom. The molecule has 1 aliphatic rings. The lowest BCUT2D eigenvalue weighted by atomic mass is 10.1. The lowest BCUT2D eigenvalue weighted by Gasteiger charge is -2.31. The molecular weight excluding hydrogens is 579 g/mol. The van der Waals surface area contributed by atoms with E-state index in [2.05, 4.69) is 19.9 Å². The van der Waals surface area contributed by atoms with Crippen molar-refractivity contribution in [3.05, 3.63) is 95.2 Å². The Morgan fingerprint density at radius 1 is 1.09 bits per heavy atom. The standard InChI is InChI=1S/C32H31FN8O4/c1-2-40-20-35-16-23(40)17-41-28(36-26-8-9-27(32(42)43)37-31(26)41)18-39-12-10-24(11-13-39)45-30-5-3-4-29(38-30)44-19-22-7-6-21(15-34)14-25(22)33/h3-9,14,16,20,24H,2,10-13,17-19H2,1H3,(H,42,43). The van der Waals surface area contributed by atoms with Crippen LogP contribution < -0.4 is 9.47 Å². The summed E-state index contributed by atoms with van der Waals surface area (Å²) in [6, 6.07) is 14.6. The normalized spacial score (nSPS) is 14.0. The van der Waals surface area contributed by atoms with Crippen molar-refractivity contribution in [3.8, 4) is 17.8 Å². The fraction of sp³-hybridized carbons (Fsp3) is 0.312. The molecule has 0 bridgehead atoms. The molecule has 0 amide bonds. The zero-order valence-corrected chi connectivity index (χ0v) is 24.6. The number of hydrogen-bond donors (Lipinski definition) is 1. The van der Waals surface area contributed by atoms with Crippen molar-refractivity contribution in [2.75, 3.05) is 13.1 Å². The Bertz CT molecular complexity index is 1870. The van der Waals surface area contributed by atoms with E-state index >= 15 is 0 Å². The van der Waals surface area contributed by atoms with Crippen LogP contribution in [0.2, 0.25) is 0 Å². The van der Waals surface area contributed by atoms with E-state index in [1.165, 1.54) is 18.2 Å². The number of nitriles is 1. The van der Waals surface area contributed by atoms with Crippen molar-refractivity contribution in [2.24, 2.45) is 0 Å². The summed E-state index contributed by atoms with van der Waals surface area (Å²) in [5.41, 5.74) is 2.71. The summed E-state index contributed by atoms with van der Waals surface area (Å²) in [4.78, 5) is 31.9. The van der Waals surface area contributed by atoms with E-state index < -0.39 is 11.8 Å². The van der Waals surface area contributed by atoms with E-state index in [-0.39, 0.29) is 24.0 Å². The summed E-state index contributed by atoms with van der Waals surface area (Å²) in [5.74, 6) is -0.0395. The molecule has 0 unspecified atom stereocenters. The van der Waals surface area contributed by atoms with Crippen molar-refractivity contribution < 1.29 is 23.8 Å². The van der Waals surface area contributed by atoms with Crippen LogP contribution in [-0.2, 0) is 26.2 Å². The van der Waals surface area contributed by atoms with Gasteiger partial charge in [-0.05, 0) is 44.0 Å². The predicted octanol–water partition coefficient (Wildman–Crippen LogP) is 4.42. The maximum Gasteiger partial charge on any atom is 0.354 e. The molecule has 4 aromatic heterocycles. The number of imidazole rings is 2. The fourth-order valence-electron chi connectivity index (χ4n) is 5.36. The van der Waals surface area contributed by atoms with Crippen LogP contribution in [0.1, 0.15) is 52.9 Å². The number of ether oxygens (including phenoxy) is 2. The molecule has 0 spiro atoms. The average molecular weight is 611 g/mol. The molecular formula is C32H31FN8O4. The van der Waals surface area contributed by atoms with E-state index in [1.54, 1.807) is 36.7 Å². The van der Waals surface area contributed by atoms with Gasteiger partial charge in [0.15, 0.2) is 11.3 Å². The Morgan fingerprint density at radius 3 is 2.67 bits per heavy atom. The first-order chi connectivity index (χ1) is 21.9. The number of carboxylic acids is 1. The lowest BCUT2D eigenvalue weighted by molar-refractivity contribution is 0.0690. The highest BCUT2D eigenvalue weighted by atomic mass is 19.1. The number of benzene rings is 1. The van der Waals surface area contributed by atoms with E-state index in [1.807, 2.05) is 28.3 Å². The first kappa shape index (κ1) is 29.7. The molecule has 12 nitrogen and oxygen atoms in total. The number of aromatic carboxylic acids is 1. The maximum atomic E-state index is 14.2. The molecule has 1 aliphatic heterocycles. The third-order valence-corrected chi connectivity index (χ3v) is 7.79. The molecule has 0 atom stereocenters. The quantitative estimate of drug-likeness (QED) is 0.228. The number of aromatic nitrogens is 6. The Hall–Kier alpha value is -5.35. The minimum Gasteiger partial charge on any atom is -0.477 e. The van der Waals surface area contributed by atoms with E-state index in [0.29, 0.717) is 41.6 Å². The van der Waals surface area contributed by atoms with Gasteiger partial charge in [-0.3, -0.25) is 4.90 Å². The number of rotatable bonds is 11. The van der Waals surface area contributed by atoms with Gasteiger partial charge in [0.25, 0.3) is 0 Å². The van der Waals surface area contributed by atoms with Crippen molar-refractivity contribution in [1.82, 2.24) is 34.0 Å². The van der Waals surface area contributed by atoms with Crippen LogP contribution in [0.25, 0.3) is 11.2 Å². The molecule has 1 aromatic carbocycles. The van der Waals surface area contributed by atoms with Gasteiger partial charge in [0.2, 0.25) is 11.8 Å². The molecule has 230 valence electrons. The number of aryl methyl sites for hydroxylation is 1. The zero-order valence-electron chi connectivity index (χ0n) is 24.6. The summed E-state index contributed by atoms with van der Waals surface area (Å²) in [5, 5.41) is 18.5. The number of likely N-dealkylation sites (tertiary alicyclic amines) is 1. The van der Waals surface area contributed by atoms with Gasteiger partial charge in [0.05, 0.1) is 36.7 Å². The number of piperidine rings is 1. The molecule has 13 heteroatoms. The highest BCUT2D eigenvalue weighted by Gasteiger charge is 2.24. The van der Waals surface area contributed by atoms with Crippen LogP contribution in [0.15, 0.2) is 61.1 Å². The molecule has 1 fully saturated rings. The molecule has 5 aromatic rings. The molecule has 45 heavy (non-hydrogen) atoms. The monoisotopic (exact) mass is 610 g/mol. The summed E-state index contributed by atoms with van der Waals surface area (Å²) in [6.07, 6.45) is 5.09. The van der Waals surface area contributed by atoms with E-state index in [9.17, 15) is 14.3 Å². The average Bonchev–Trinajstić information content (AvgIpc) is 3.65. The van der Waals surface area contributed by atoms with Crippen molar-refractivity contribution in [1.29, 1.82) is 5.26 Å². The first-order valence-electron chi connectivity index (χ1n) is 14.7. The molecule has 0 radical (unpaired) electrons. The third-order valence-electron chi connectivity index (χ3n) is 7.79. The van der Waals surface area contributed by atoms with Crippen molar-refractivity contribution >= 4 is 17.1 Å². The molecule has 0 saturated carbocycles. The van der Waals surface area contributed by atoms with Crippen LogP contribution in [-0.4, -0.2) is 64.2 Å². The van der Waals surface area contributed by atoms with Gasteiger partial charge in [0.1, 0.15) is 29.9 Å². The zero-order chi connectivity index (χ0) is 31.3. The summed E-state index contributed by atoms with van der Waals surface area (Å²) < 4.78 is 30.1. The van der Waals surface area contributed by atoms with Gasteiger partial charge in [-0.15, -0.1) is 0 Å². The largest absolute Gasteiger partial charge is 0.477 e. The number of pyridine rings is 2. The number of carboxylic acid groups (broad SMARTS) is 1. The van der Waals surface area contributed by atoms with Crippen LogP contribution in [0.3, 0.4) is 0 Å². The Balaban J connectivity index is 1.09. The second-order valence-corrected chi connectivity index (χ2v) is 10.7. The molecule has 5 heterocycles. The third kappa shape index (κ3) is 6.76. The van der Waals surface area contributed by atoms with Crippen LogP contribution in [0, 0.1) is 17.1 Å². The second kappa shape index (κ2) is 13.1. The number of carbonyl (C=O) groups is 1. The number of nitrogens with zero attached hydrogens (tertiary/aromatic N) is 8. The van der Waals surface area contributed by atoms with Gasteiger partial charge in [-0.25, -0.2) is 24.1 Å². The molecule has 1 N–H and O–H groups in total. The Labute approximate surface area is 258 Å². The lowest BCUT2D eigenvalue weighted by Crippen LogP contribution is -2.38. The van der Waals surface area contributed by atoms with Gasteiger partial charge in [-0.1, -0.05) is 12.1 Å². The summed E-state index contributed by atoms with van der Waals surface area (Å²) in [7, 11) is 0. The topological polar surface area (TPSA) is 144 Å². The second-order valence-electron chi connectivity index (χ2n) is 10.7. The highest BCUT2D eigenvalue weighted by Crippen LogP contribution is 2.24. The van der Waals surface area contributed by atoms with E-state index in [4.69, 9.17) is 19.7 Å². The van der Waals surface area contributed by atoms with Gasteiger partial charge in [0, 0.05) is 43.5 Å². The van der Waals surface area contributed by atoms with Crippen molar-refractivity contribution in [2.45, 2.75) is 52.1 Å². The Kier molecular flexibility index (Phi) is 8.65. The minimum atomic E-state index is -1.08. The smallest absolute Gasteiger partial charge is 0.354 e. The molecule has 0 aliphatic carbocycles. The minimum absolute atomic E-state index is 0.0227. The predicted molar refractivity (Wildman–Crippen MR) is 160 cm³/mol. The number of fused-ring (bicyclic) bond motifs is 1. The fourth-order valence-corrected chi connectivity index (χ4v) is 5.36. The summed E-state index contributed by atoms with van der Waals surface area (Å²) >= 11 is 0. The van der Waals surface area contributed by atoms with Gasteiger partial charge in [-0.2, -0.15) is 10.2 Å². The molecule has 1 saturated heterocycles. The SMILES string of the molecule is CCn1cncc1Cn1c(CN2CCC(Oc3cccc(OCc4ccc(C#N)cc4F)n3)CC2)nc2ccc(C(=O)O)nc21. The van der Waals surface area contributed by atoms with Crippen LogP contribution >= 0.6 is 0 Å². The van der Waals surface area contributed by atoms with Gasteiger partial charge >= 0.3 is 5.97 Å². The summed E-state index contributed by atoms with van der Waals surface area (Å²) in [6.45, 7) is 5.35. The van der Waals surface area contributed by atoms with Crippen molar-refractivity contribution in [3.63, 3.8) is 0 Å². The maximum absolute atomic E-state index is 14.2. The first-order valence-corrected chi connectivity index (χ1v) is 14.7. The number of halogens is 1. The van der Waals surface area contributed by atoms with Crippen LogP contribution in [0.5, 0.6) is 11.8 Å². The number of hydrogen-bond acceptors (Lipinski definition) is 9. The van der Waals surface area contributed by atoms with Gasteiger partial charge < -0.3 is 23.7 Å². The highest BCUT2D eigenvalue weighted by molar-refractivity contribution is 5.88.